The first-order valence-corrected chi connectivity index (χ1v) is 16.3. The van der Waals surface area contributed by atoms with Crippen molar-refractivity contribution in [3.05, 3.63) is 173 Å². The molecule has 0 fully saturated rings. The van der Waals surface area contributed by atoms with Crippen molar-refractivity contribution >= 4 is 39.8 Å². The van der Waals surface area contributed by atoms with Crippen molar-refractivity contribution < 1.29 is 0 Å². The van der Waals surface area contributed by atoms with Gasteiger partial charge < -0.3 is 9.80 Å². The zero-order valence-corrected chi connectivity index (χ0v) is 27.5. The van der Waals surface area contributed by atoms with Gasteiger partial charge in [0.25, 0.3) is 0 Å². The summed E-state index contributed by atoms with van der Waals surface area (Å²) in [6.45, 7) is 17.3. The van der Waals surface area contributed by atoms with Gasteiger partial charge in [-0.2, -0.15) is 5.26 Å². The molecule has 6 aromatic rings. The zero-order valence-electron chi connectivity index (χ0n) is 27.5. The maximum atomic E-state index is 10.5. The predicted octanol–water partition coefficient (Wildman–Crippen LogP) is 12.0. The van der Waals surface area contributed by atoms with E-state index in [2.05, 4.69) is 158 Å². The number of fused-ring (bicyclic) bond motifs is 4. The van der Waals surface area contributed by atoms with E-state index in [-0.39, 0.29) is 10.8 Å². The van der Waals surface area contributed by atoms with E-state index in [0.29, 0.717) is 11.3 Å². The number of nitriles is 1. The predicted molar refractivity (Wildman–Crippen MR) is 196 cm³/mol. The standard InChI is InChI=1S/C44H34N4/c1-43(2)34-14-6-10-18-39(34)47(40-19-11-7-15-35(40)43)30-22-24-32(29(26-30)28-45)33-25-23-31(27-38(33)46-5)48-41-20-12-8-16-36(41)44(3,4)37-17-9-13-21-42(37)48/h6-27H,1-4H3. The molecule has 6 aromatic carbocycles. The van der Waals surface area contributed by atoms with E-state index in [1.54, 1.807) is 0 Å². The molecule has 48 heavy (non-hydrogen) atoms. The quantitative estimate of drug-likeness (QED) is 0.185. The molecule has 0 bridgehead atoms. The van der Waals surface area contributed by atoms with Crippen LogP contribution in [0.5, 0.6) is 0 Å². The van der Waals surface area contributed by atoms with Crippen molar-refractivity contribution in [3.63, 3.8) is 0 Å². The fourth-order valence-electron chi connectivity index (χ4n) is 7.87. The third-order valence-electron chi connectivity index (χ3n) is 10.3. The van der Waals surface area contributed by atoms with Crippen LogP contribution in [0, 0.1) is 17.9 Å². The van der Waals surface area contributed by atoms with E-state index in [1.165, 1.54) is 22.3 Å². The summed E-state index contributed by atoms with van der Waals surface area (Å²) in [6.07, 6.45) is 0. The summed E-state index contributed by atoms with van der Waals surface area (Å²) in [5, 5.41) is 10.5. The molecular formula is C44H34N4. The van der Waals surface area contributed by atoms with E-state index < -0.39 is 0 Å². The lowest BCUT2D eigenvalue weighted by molar-refractivity contribution is 0.631. The number of anilines is 6. The molecule has 0 saturated heterocycles. The van der Waals surface area contributed by atoms with Gasteiger partial charge in [0.05, 0.1) is 41.0 Å². The highest BCUT2D eigenvalue weighted by atomic mass is 15.2. The molecule has 0 spiro atoms. The minimum absolute atomic E-state index is 0.166. The molecule has 4 nitrogen and oxygen atoms in total. The average molecular weight is 619 g/mol. The van der Waals surface area contributed by atoms with Crippen LogP contribution in [0.25, 0.3) is 16.0 Å². The Morgan fingerprint density at radius 3 is 1.29 bits per heavy atom. The summed E-state index contributed by atoms with van der Waals surface area (Å²) in [6, 6.07) is 48.6. The molecule has 0 amide bonds. The van der Waals surface area contributed by atoms with Crippen molar-refractivity contribution in [3.8, 4) is 17.2 Å². The lowest BCUT2D eigenvalue weighted by Crippen LogP contribution is -2.30. The fraction of sp³-hybridized carbons (Fsp3) is 0.136. The third kappa shape index (κ3) is 4.20. The monoisotopic (exact) mass is 618 g/mol. The largest absolute Gasteiger partial charge is 0.311 e. The van der Waals surface area contributed by atoms with Crippen LogP contribution in [-0.4, -0.2) is 0 Å². The number of para-hydroxylation sites is 4. The van der Waals surface area contributed by atoms with Crippen LogP contribution in [0.3, 0.4) is 0 Å². The molecule has 0 aliphatic carbocycles. The Morgan fingerprint density at radius 2 is 0.896 bits per heavy atom. The smallest absolute Gasteiger partial charge is 0.197 e. The van der Waals surface area contributed by atoms with E-state index in [0.717, 1.165) is 45.3 Å². The summed E-state index contributed by atoms with van der Waals surface area (Å²) < 4.78 is 0. The van der Waals surface area contributed by atoms with Crippen LogP contribution in [0.15, 0.2) is 133 Å². The van der Waals surface area contributed by atoms with Gasteiger partial charge in [0.2, 0.25) is 0 Å². The Kier molecular flexibility index (Phi) is 6.55. The summed E-state index contributed by atoms with van der Waals surface area (Å²) >= 11 is 0. The van der Waals surface area contributed by atoms with Crippen molar-refractivity contribution in [2.45, 2.75) is 38.5 Å². The minimum Gasteiger partial charge on any atom is -0.311 e. The first-order chi connectivity index (χ1) is 23.3. The zero-order chi connectivity index (χ0) is 33.2. The van der Waals surface area contributed by atoms with Crippen molar-refractivity contribution in [1.29, 1.82) is 5.26 Å². The maximum Gasteiger partial charge on any atom is 0.197 e. The molecule has 0 saturated carbocycles. The average Bonchev–Trinajstić information content (AvgIpc) is 3.12. The number of benzene rings is 6. The maximum absolute atomic E-state index is 10.5. The Morgan fingerprint density at radius 1 is 0.521 bits per heavy atom. The lowest BCUT2D eigenvalue weighted by Gasteiger charge is -2.42. The number of hydrogen-bond acceptors (Lipinski definition) is 3. The molecule has 0 atom stereocenters. The minimum atomic E-state index is -0.168. The van der Waals surface area contributed by atoms with Crippen LogP contribution in [0.2, 0.25) is 0 Å². The van der Waals surface area contributed by atoms with Crippen LogP contribution < -0.4 is 9.80 Å². The molecule has 2 aliphatic heterocycles. The van der Waals surface area contributed by atoms with Gasteiger partial charge in [-0.3, -0.25) is 0 Å². The highest BCUT2D eigenvalue weighted by Crippen LogP contribution is 2.54. The summed E-state index contributed by atoms with van der Waals surface area (Å²) in [7, 11) is 0. The van der Waals surface area contributed by atoms with Crippen molar-refractivity contribution in [2.24, 2.45) is 0 Å². The molecular weight excluding hydrogens is 585 g/mol. The van der Waals surface area contributed by atoms with E-state index in [1.807, 2.05) is 24.3 Å². The molecule has 230 valence electrons. The first kappa shape index (κ1) is 29.3. The van der Waals surface area contributed by atoms with Gasteiger partial charge in [-0.25, -0.2) is 4.85 Å². The van der Waals surface area contributed by atoms with Gasteiger partial charge in [-0.05, 0) is 81.9 Å². The Labute approximate surface area is 282 Å². The highest BCUT2D eigenvalue weighted by Gasteiger charge is 2.38. The Bertz CT molecular complexity index is 2080. The van der Waals surface area contributed by atoms with Crippen LogP contribution in [0.1, 0.15) is 55.5 Å². The van der Waals surface area contributed by atoms with Gasteiger partial charge in [-0.15, -0.1) is 0 Å². The lowest BCUT2D eigenvalue weighted by atomic mass is 9.73. The second kappa shape index (κ2) is 10.7. The normalized spacial score (nSPS) is 14.9. The van der Waals surface area contributed by atoms with Crippen LogP contribution in [-0.2, 0) is 10.8 Å². The SMILES string of the molecule is [C-]#[N+]c1cc(N2c3ccccc3C(C)(C)c3ccccc32)ccc1-c1ccc(N2c3ccccc3C(C)(C)c3ccccc32)cc1C#N. The number of hydrogen-bond donors (Lipinski definition) is 0. The Hall–Kier alpha value is -6.10. The van der Waals surface area contributed by atoms with Gasteiger partial charge in [0.1, 0.15) is 0 Å². The molecule has 0 N–H and O–H groups in total. The molecule has 0 radical (unpaired) electrons. The Balaban J connectivity index is 1.25. The van der Waals surface area contributed by atoms with Gasteiger partial charge >= 0.3 is 0 Å². The summed E-state index contributed by atoms with van der Waals surface area (Å²) in [5.41, 5.74) is 13.4. The fourth-order valence-corrected chi connectivity index (χ4v) is 7.87. The second-order valence-electron chi connectivity index (χ2n) is 13.6. The van der Waals surface area contributed by atoms with Crippen molar-refractivity contribution in [2.75, 3.05) is 9.80 Å². The van der Waals surface area contributed by atoms with E-state index in [9.17, 15) is 5.26 Å². The molecule has 2 heterocycles. The number of nitrogens with zero attached hydrogens (tertiary/aromatic N) is 4. The highest BCUT2D eigenvalue weighted by molar-refractivity contribution is 5.92. The van der Waals surface area contributed by atoms with E-state index in [4.69, 9.17) is 6.57 Å². The second-order valence-corrected chi connectivity index (χ2v) is 13.6. The molecule has 2 aliphatic rings. The summed E-state index contributed by atoms with van der Waals surface area (Å²) in [5.74, 6) is 0. The van der Waals surface area contributed by atoms with Gasteiger partial charge in [0.15, 0.2) is 5.69 Å². The molecule has 4 heteroatoms. The first-order valence-electron chi connectivity index (χ1n) is 16.3. The van der Waals surface area contributed by atoms with Gasteiger partial charge in [0, 0.05) is 22.2 Å². The molecule has 0 unspecified atom stereocenters. The number of rotatable bonds is 3. The van der Waals surface area contributed by atoms with Gasteiger partial charge in [-0.1, -0.05) is 113 Å². The van der Waals surface area contributed by atoms with Crippen LogP contribution >= 0.6 is 0 Å². The van der Waals surface area contributed by atoms with Crippen molar-refractivity contribution in [1.82, 2.24) is 0 Å². The summed E-state index contributed by atoms with van der Waals surface area (Å²) in [4.78, 5) is 8.53. The topological polar surface area (TPSA) is 34.6 Å². The third-order valence-corrected chi connectivity index (χ3v) is 10.3. The van der Waals surface area contributed by atoms with Crippen LogP contribution in [0.4, 0.5) is 39.8 Å². The molecule has 0 aromatic heterocycles. The van der Waals surface area contributed by atoms with E-state index >= 15 is 0 Å². The molecule has 8 rings (SSSR count).